The van der Waals surface area contributed by atoms with Crippen LogP contribution in [0.5, 0.6) is 0 Å². The number of pyridine rings is 2. The summed E-state index contributed by atoms with van der Waals surface area (Å²) in [6, 6.07) is 14.3. The topological polar surface area (TPSA) is 126 Å². The van der Waals surface area contributed by atoms with Gasteiger partial charge < -0.3 is 14.6 Å². The number of benzene rings is 1. The summed E-state index contributed by atoms with van der Waals surface area (Å²) in [4.78, 5) is 33.0. The number of nitriles is 2. The van der Waals surface area contributed by atoms with E-state index in [-0.39, 0.29) is 28.9 Å². The molecule has 4 rings (SSSR count). The van der Waals surface area contributed by atoms with Crippen molar-refractivity contribution in [2.75, 3.05) is 24.5 Å². The molecule has 1 saturated heterocycles. The van der Waals surface area contributed by atoms with E-state index >= 15 is 0 Å². The zero-order chi connectivity index (χ0) is 24.6. The summed E-state index contributed by atoms with van der Waals surface area (Å²) in [7, 11) is 1.59. The predicted molar refractivity (Wildman–Crippen MR) is 127 cm³/mol. The van der Waals surface area contributed by atoms with Crippen molar-refractivity contribution in [3.63, 3.8) is 0 Å². The molecule has 172 valence electrons. The van der Waals surface area contributed by atoms with Gasteiger partial charge in [0.05, 0.1) is 16.8 Å². The molecular weight excluding hydrogens is 432 g/mol. The van der Waals surface area contributed by atoms with Gasteiger partial charge in [0.2, 0.25) is 0 Å². The van der Waals surface area contributed by atoms with Crippen LogP contribution in [0.1, 0.15) is 47.1 Å². The van der Waals surface area contributed by atoms with E-state index in [1.807, 2.05) is 24.0 Å². The van der Waals surface area contributed by atoms with Crippen LogP contribution in [0.2, 0.25) is 0 Å². The Hall–Kier alpha value is -4.21. The van der Waals surface area contributed by atoms with Gasteiger partial charge in [0, 0.05) is 38.8 Å². The van der Waals surface area contributed by atoms with Crippen LogP contribution in [-0.4, -0.2) is 51.2 Å². The first-order chi connectivity index (χ1) is 16.3. The summed E-state index contributed by atoms with van der Waals surface area (Å²) in [6.45, 7) is 5.83. The molecule has 1 fully saturated rings. The number of aromatic carboxylic acids is 1. The van der Waals surface area contributed by atoms with E-state index in [0.29, 0.717) is 36.4 Å². The molecule has 3 aromatic rings. The number of rotatable bonds is 4. The zero-order valence-electron chi connectivity index (χ0n) is 19.2. The van der Waals surface area contributed by atoms with E-state index in [1.54, 1.807) is 37.4 Å². The van der Waals surface area contributed by atoms with Gasteiger partial charge in [-0.2, -0.15) is 10.5 Å². The first kappa shape index (κ1) is 23.0. The summed E-state index contributed by atoms with van der Waals surface area (Å²) < 4.78 is 1.39. The van der Waals surface area contributed by atoms with Crippen LogP contribution >= 0.6 is 0 Å². The molecule has 2 atom stereocenters. The molecule has 3 heterocycles. The second-order valence-electron chi connectivity index (χ2n) is 8.52. The van der Waals surface area contributed by atoms with Gasteiger partial charge in [-0.3, -0.25) is 9.69 Å². The summed E-state index contributed by atoms with van der Waals surface area (Å²) in [6.07, 6.45) is 0. The zero-order valence-corrected chi connectivity index (χ0v) is 19.2. The minimum Gasteiger partial charge on any atom is -0.478 e. The molecule has 0 aliphatic carbocycles. The van der Waals surface area contributed by atoms with Crippen molar-refractivity contribution in [3.05, 3.63) is 69.1 Å². The van der Waals surface area contributed by atoms with E-state index in [9.17, 15) is 25.2 Å². The number of carbonyl (C=O) groups is 1. The lowest BCUT2D eigenvalue weighted by Gasteiger charge is -2.44. The quantitative estimate of drug-likeness (QED) is 0.635. The fourth-order valence-electron chi connectivity index (χ4n) is 4.74. The highest BCUT2D eigenvalue weighted by molar-refractivity contribution is 5.92. The van der Waals surface area contributed by atoms with Crippen LogP contribution in [0.25, 0.3) is 11.0 Å². The van der Waals surface area contributed by atoms with Crippen LogP contribution in [0.3, 0.4) is 0 Å². The first-order valence-electron chi connectivity index (χ1n) is 10.9. The fourth-order valence-corrected chi connectivity index (χ4v) is 4.74. The standard InChI is InChI=1S/C25H24N6O3/c1-15-14-30(9-10-31(15)16(2)17-5-4-6-18(11-17)25(33)34)23-20(13-27)24(32)29(3)21-8-7-19(12-26)28-22(21)23/h4-8,11,15-16H,9-10,14H2,1-3H3,(H,33,34)/t15-,16?/m1/s1. The Morgan fingerprint density at radius 1 is 1.21 bits per heavy atom. The van der Waals surface area contributed by atoms with E-state index in [4.69, 9.17) is 0 Å². The van der Waals surface area contributed by atoms with Crippen molar-refractivity contribution >= 4 is 22.7 Å². The summed E-state index contributed by atoms with van der Waals surface area (Å²) in [5.74, 6) is -0.960. The Bertz CT molecular complexity index is 1430. The number of hydrogen-bond donors (Lipinski definition) is 1. The first-order valence-corrected chi connectivity index (χ1v) is 10.9. The molecule has 0 bridgehead atoms. The molecule has 2 aromatic heterocycles. The SMILES string of the molecule is CC(c1cccc(C(=O)O)c1)N1CCN(c2c(C#N)c(=O)n(C)c3ccc(C#N)nc23)C[C@H]1C. The maximum absolute atomic E-state index is 12.9. The Morgan fingerprint density at radius 3 is 2.62 bits per heavy atom. The van der Waals surface area contributed by atoms with Gasteiger partial charge in [-0.25, -0.2) is 9.78 Å². The van der Waals surface area contributed by atoms with Gasteiger partial charge in [0.15, 0.2) is 0 Å². The van der Waals surface area contributed by atoms with Crippen LogP contribution in [-0.2, 0) is 7.05 Å². The van der Waals surface area contributed by atoms with Gasteiger partial charge in [0.25, 0.3) is 5.56 Å². The molecule has 1 N–H and O–H groups in total. The number of aromatic nitrogens is 2. The molecule has 0 saturated carbocycles. The predicted octanol–water partition coefficient (Wildman–Crippen LogP) is 2.65. The number of piperazine rings is 1. The molecule has 1 aromatic carbocycles. The van der Waals surface area contributed by atoms with Crippen molar-refractivity contribution in [1.82, 2.24) is 14.5 Å². The average Bonchev–Trinajstić information content (AvgIpc) is 2.85. The second-order valence-corrected chi connectivity index (χ2v) is 8.52. The van der Waals surface area contributed by atoms with Crippen LogP contribution in [0.4, 0.5) is 5.69 Å². The molecule has 0 amide bonds. The molecular formula is C25H24N6O3. The van der Waals surface area contributed by atoms with E-state index in [1.165, 1.54) is 4.57 Å². The van der Waals surface area contributed by atoms with Gasteiger partial charge >= 0.3 is 5.97 Å². The van der Waals surface area contributed by atoms with Crippen LogP contribution < -0.4 is 10.5 Å². The Morgan fingerprint density at radius 2 is 1.97 bits per heavy atom. The summed E-state index contributed by atoms with van der Waals surface area (Å²) >= 11 is 0. The van der Waals surface area contributed by atoms with E-state index in [0.717, 1.165) is 5.56 Å². The third kappa shape index (κ3) is 3.87. The van der Waals surface area contributed by atoms with Crippen LogP contribution in [0.15, 0.2) is 41.2 Å². The number of anilines is 1. The third-order valence-corrected chi connectivity index (χ3v) is 6.55. The van der Waals surface area contributed by atoms with Gasteiger partial charge in [0.1, 0.15) is 28.9 Å². The number of carboxylic acids is 1. The second kappa shape index (κ2) is 8.97. The van der Waals surface area contributed by atoms with E-state index < -0.39 is 11.5 Å². The lowest BCUT2D eigenvalue weighted by molar-refractivity contribution is 0.0696. The third-order valence-electron chi connectivity index (χ3n) is 6.55. The van der Waals surface area contributed by atoms with Crippen molar-refractivity contribution in [3.8, 4) is 12.1 Å². The highest BCUT2D eigenvalue weighted by Gasteiger charge is 2.31. The number of fused-ring (bicyclic) bond motifs is 1. The molecule has 9 nitrogen and oxygen atoms in total. The largest absolute Gasteiger partial charge is 0.478 e. The Balaban J connectivity index is 1.71. The van der Waals surface area contributed by atoms with Crippen molar-refractivity contribution in [2.45, 2.75) is 25.9 Å². The molecule has 0 radical (unpaired) electrons. The molecule has 1 unspecified atom stereocenters. The number of nitrogens with zero attached hydrogens (tertiary/aromatic N) is 6. The van der Waals surface area contributed by atoms with E-state index in [2.05, 4.69) is 22.9 Å². The molecule has 1 aliphatic heterocycles. The van der Waals surface area contributed by atoms with Crippen molar-refractivity contribution in [1.29, 1.82) is 10.5 Å². The molecule has 0 spiro atoms. The summed E-state index contributed by atoms with van der Waals surface area (Å²) in [5.41, 5.74) is 2.48. The number of hydrogen-bond acceptors (Lipinski definition) is 7. The Labute approximate surface area is 196 Å². The van der Waals surface area contributed by atoms with Gasteiger partial charge in [-0.1, -0.05) is 12.1 Å². The monoisotopic (exact) mass is 456 g/mol. The number of carboxylic acid groups (broad SMARTS) is 1. The van der Waals surface area contributed by atoms with Crippen LogP contribution in [0, 0.1) is 22.7 Å². The highest BCUT2D eigenvalue weighted by atomic mass is 16.4. The minimum absolute atomic E-state index is 0.0143. The number of aryl methyl sites for hydroxylation is 1. The average molecular weight is 457 g/mol. The normalized spacial score (nSPS) is 17.2. The fraction of sp³-hybridized carbons (Fsp3) is 0.320. The smallest absolute Gasteiger partial charge is 0.335 e. The molecule has 34 heavy (non-hydrogen) atoms. The Kier molecular flexibility index (Phi) is 6.06. The lowest BCUT2D eigenvalue weighted by atomic mass is 10.0. The van der Waals surface area contributed by atoms with Gasteiger partial charge in [-0.15, -0.1) is 0 Å². The highest BCUT2D eigenvalue weighted by Crippen LogP contribution is 2.32. The van der Waals surface area contributed by atoms with Crippen molar-refractivity contribution in [2.24, 2.45) is 7.05 Å². The van der Waals surface area contributed by atoms with Crippen molar-refractivity contribution < 1.29 is 9.90 Å². The maximum atomic E-state index is 12.9. The molecule has 9 heteroatoms. The molecule has 1 aliphatic rings. The van der Waals surface area contributed by atoms with Gasteiger partial charge in [-0.05, 0) is 43.7 Å². The lowest BCUT2D eigenvalue weighted by Crippen LogP contribution is -2.53. The maximum Gasteiger partial charge on any atom is 0.335 e. The summed E-state index contributed by atoms with van der Waals surface area (Å²) in [5, 5.41) is 28.5. The minimum atomic E-state index is -0.960.